The molecule has 0 bridgehead atoms. The maximum atomic E-state index is 11.0. The highest BCUT2D eigenvalue weighted by Gasteiger charge is 2.25. The number of nitrogens with one attached hydrogen (secondary N) is 2. The molecule has 2 N–H and O–H groups in total. The Morgan fingerprint density at radius 2 is 2.36 bits per heavy atom. The highest BCUT2D eigenvalue weighted by molar-refractivity contribution is 7.80. The summed E-state index contributed by atoms with van der Waals surface area (Å²) in [6, 6.07) is -0.0811. The molecule has 0 aromatic rings. The number of unbranched alkanes of at least 4 members (excludes halogenated alkanes) is 1. The van der Waals surface area contributed by atoms with Crippen LogP contribution in [0.15, 0.2) is 0 Å². The van der Waals surface area contributed by atoms with Crippen molar-refractivity contribution in [1.82, 2.24) is 10.6 Å². The van der Waals surface area contributed by atoms with Gasteiger partial charge in [0, 0.05) is 0 Å². The number of rotatable bonds is 3. The largest absolute Gasteiger partial charge is 0.351 e. The van der Waals surface area contributed by atoms with E-state index in [-0.39, 0.29) is 11.9 Å². The summed E-state index contributed by atoms with van der Waals surface area (Å²) in [4.78, 5) is 11.0. The van der Waals surface area contributed by atoms with Crippen LogP contribution in [0.25, 0.3) is 0 Å². The van der Waals surface area contributed by atoms with Crippen molar-refractivity contribution in [3.63, 3.8) is 0 Å². The van der Waals surface area contributed by atoms with E-state index in [1.807, 2.05) is 0 Å². The Hall–Kier alpha value is -0.640. The molecule has 0 aromatic carbocycles. The van der Waals surface area contributed by atoms with Crippen LogP contribution in [0.3, 0.4) is 0 Å². The van der Waals surface area contributed by atoms with Crippen LogP contribution in [0, 0.1) is 0 Å². The zero-order chi connectivity index (χ0) is 8.27. The summed E-state index contributed by atoms with van der Waals surface area (Å²) in [6.07, 6.45) is 3.05. The van der Waals surface area contributed by atoms with Crippen molar-refractivity contribution in [2.75, 3.05) is 0 Å². The fraction of sp³-hybridized carbons (Fsp3) is 0.714. The fourth-order valence-corrected chi connectivity index (χ4v) is 1.31. The normalized spacial score (nSPS) is 23.2. The van der Waals surface area contributed by atoms with E-state index >= 15 is 0 Å². The SMILES string of the molecule is CCCC[C@@H]1NC(=S)NC1=O. The molecule has 1 fully saturated rings. The lowest BCUT2D eigenvalue weighted by molar-refractivity contribution is -0.120. The Balaban J connectivity index is 2.34. The van der Waals surface area contributed by atoms with E-state index in [9.17, 15) is 4.79 Å². The third-order valence-electron chi connectivity index (χ3n) is 1.70. The minimum Gasteiger partial charge on any atom is -0.351 e. The standard InChI is InChI=1S/C7H12N2OS/c1-2-3-4-5-6(10)9-7(11)8-5/h5H,2-4H2,1H3,(H2,8,9,10,11)/t5-/m0/s1. The first-order valence-electron chi connectivity index (χ1n) is 3.85. The van der Waals surface area contributed by atoms with E-state index in [1.165, 1.54) is 0 Å². The third kappa shape index (κ3) is 2.15. The van der Waals surface area contributed by atoms with Gasteiger partial charge in [0.05, 0.1) is 0 Å². The van der Waals surface area contributed by atoms with Crippen LogP contribution < -0.4 is 10.6 Å². The van der Waals surface area contributed by atoms with Crippen molar-refractivity contribution in [2.24, 2.45) is 0 Å². The average molecular weight is 172 g/mol. The lowest BCUT2D eigenvalue weighted by Gasteiger charge is -2.04. The second-order valence-corrected chi connectivity index (χ2v) is 3.07. The lowest BCUT2D eigenvalue weighted by atomic mass is 10.1. The van der Waals surface area contributed by atoms with Gasteiger partial charge in [-0.3, -0.25) is 4.79 Å². The number of carbonyl (C=O) groups excluding carboxylic acids is 1. The topological polar surface area (TPSA) is 41.1 Å². The summed E-state index contributed by atoms with van der Waals surface area (Å²) in [5.41, 5.74) is 0. The molecule has 0 saturated carbocycles. The molecule has 1 atom stereocenters. The molecule has 0 radical (unpaired) electrons. The van der Waals surface area contributed by atoms with E-state index in [4.69, 9.17) is 12.2 Å². The molecule has 0 unspecified atom stereocenters. The van der Waals surface area contributed by atoms with Gasteiger partial charge in [-0.15, -0.1) is 0 Å². The second-order valence-electron chi connectivity index (χ2n) is 2.66. The van der Waals surface area contributed by atoms with Gasteiger partial charge >= 0.3 is 0 Å². The predicted molar refractivity (Wildman–Crippen MR) is 47.2 cm³/mol. The zero-order valence-electron chi connectivity index (χ0n) is 6.52. The van der Waals surface area contributed by atoms with Crippen LogP contribution in [0.4, 0.5) is 0 Å². The number of carbonyl (C=O) groups is 1. The summed E-state index contributed by atoms with van der Waals surface area (Å²) in [6.45, 7) is 2.10. The Kier molecular flexibility index (Phi) is 2.82. The molecule has 1 aliphatic heterocycles. The van der Waals surface area contributed by atoms with E-state index in [2.05, 4.69) is 17.6 Å². The van der Waals surface area contributed by atoms with Gasteiger partial charge in [-0.1, -0.05) is 19.8 Å². The van der Waals surface area contributed by atoms with Gasteiger partial charge in [0.15, 0.2) is 5.11 Å². The molecule has 1 saturated heterocycles. The summed E-state index contributed by atoms with van der Waals surface area (Å²) < 4.78 is 0. The molecule has 11 heavy (non-hydrogen) atoms. The summed E-state index contributed by atoms with van der Waals surface area (Å²) >= 11 is 4.78. The van der Waals surface area contributed by atoms with Crippen molar-refractivity contribution in [2.45, 2.75) is 32.2 Å². The Labute approximate surface area is 71.5 Å². The van der Waals surface area contributed by atoms with Crippen LogP contribution in [0.2, 0.25) is 0 Å². The molecule has 0 aromatic heterocycles. The molecule has 1 amide bonds. The molecule has 4 heteroatoms. The second kappa shape index (κ2) is 3.67. The molecular formula is C7H12N2OS. The van der Waals surface area contributed by atoms with Crippen molar-refractivity contribution in [3.8, 4) is 0 Å². The van der Waals surface area contributed by atoms with Crippen LogP contribution in [-0.4, -0.2) is 17.1 Å². The number of amides is 1. The molecule has 1 aliphatic rings. The third-order valence-corrected chi connectivity index (χ3v) is 1.92. The van der Waals surface area contributed by atoms with Crippen molar-refractivity contribution in [3.05, 3.63) is 0 Å². The van der Waals surface area contributed by atoms with E-state index in [0.29, 0.717) is 5.11 Å². The highest BCUT2D eigenvalue weighted by Crippen LogP contribution is 2.03. The maximum Gasteiger partial charge on any atom is 0.248 e. The minimum absolute atomic E-state index is 0.0171. The van der Waals surface area contributed by atoms with Gasteiger partial charge in [-0.2, -0.15) is 0 Å². The zero-order valence-corrected chi connectivity index (χ0v) is 7.33. The molecule has 1 rings (SSSR count). The quantitative estimate of drug-likeness (QED) is 0.611. The first-order valence-corrected chi connectivity index (χ1v) is 4.26. The van der Waals surface area contributed by atoms with Gasteiger partial charge in [0.2, 0.25) is 5.91 Å². The van der Waals surface area contributed by atoms with E-state index in [1.54, 1.807) is 0 Å². The monoisotopic (exact) mass is 172 g/mol. The lowest BCUT2D eigenvalue weighted by Crippen LogP contribution is -2.28. The van der Waals surface area contributed by atoms with Crippen LogP contribution in [0.5, 0.6) is 0 Å². The average Bonchev–Trinajstić information content (AvgIpc) is 2.26. The minimum atomic E-state index is -0.0811. The molecule has 0 aliphatic carbocycles. The van der Waals surface area contributed by atoms with Crippen LogP contribution in [-0.2, 0) is 4.79 Å². The van der Waals surface area contributed by atoms with Gasteiger partial charge in [-0.25, -0.2) is 0 Å². The summed E-state index contributed by atoms with van der Waals surface area (Å²) in [7, 11) is 0. The van der Waals surface area contributed by atoms with Crippen molar-refractivity contribution >= 4 is 23.2 Å². The van der Waals surface area contributed by atoms with Gasteiger partial charge in [-0.05, 0) is 18.6 Å². The Morgan fingerprint density at radius 1 is 1.64 bits per heavy atom. The van der Waals surface area contributed by atoms with Gasteiger partial charge in [0.1, 0.15) is 6.04 Å². The number of hydrogen-bond donors (Lipinski definition) is 2. The Bertz CT molecular complexity index is 181. The molecule has 0 spiro atoms. The van der Waals surface area contributed by atoms with Crippen molar-refractivity contribution < 1.29 is 4.79 Å². The molecule has 62 valence electrons. The first-order chi connectivity index (χ1) is 5.24. The molecule has 3 nitrogen and oxygen atoms in total. The van der Waals surface area contributed by atoms with Gasteiger partial charge in [0.25, 0.3) is 0 Å². The fourth-order valence-electron chi connectivity index (χ4n) is 1.07. The number of thiocarbonyl (C=S) groups is 1. The van der Waals surface area contributed by atoms with Crippen LogP contribution in [0.1, 0.15) is 26.2 Å². The summed E-state index contributed by atoms with van der Waals surface area (Å²) in [5, 5.41) is 5.93. The van der Waals surface area contributed by atoms with Crippen LogP contribution >= 0.6 is 12.2 Å². The molecule has 1 heterocycles. The van der Waals surface area contributed by atoms with E-state index in [0.717, 1.165) is 19.3 Å². The van der Waals surface area contributed by atoms with Gasteiger partial charge < -0.3 is 10.6 Å². The smallest absolute Gasteiger partial charge is 0.248 e. The predicted octanol–water partition coefficient (Wildman–Crippen LogP) is 0.549. The Morgan fingerprint density at radius 3 is 2.82 bits per heavy atom. The summed E-state index contributed by atoms with van der Waals surface area (Å²) in [5.74, 6) is 0.0171. The molecular weight excluding hydrogens is 160 g/mol. The number of hydrogen-bond acceptors (Lipinski definition) is 2. The van der Waals surface area contributed by atoms with E-state index < -0.39 is 0 Å². The first kappa shape index (κ1) is 8.46. The highest BCUT2D eigenvalue weighted by atomic mass is 32.1. The maximum absolute atomic E-state index is 11.0. The van der Waals surface area contributed by atoms with Crippen molar-refractivity contribution in [1.29, 1.82) is 0 Å².